The Morgan fingerprint density at radius 2 is 1.90 bits per heavy atom. The minimum Gasteiger partial charge on any atom is -0.312 e. The van der Waals surface area contributed by atoms with Crippen molar-refractivity contribution in [2.24, 2.45) is 11.1 Å². The summed E-state index contributed by atoms with van der Waals surface area (Å²) in [5.74, 6) is -0.538. The summed E-state index contributed by atoms with van der Waals surface area (Å²) in [6.45, 7) is 3.84. The van der Waals surface area contributed by atoms with Gasteiger partial charge in [0, 0.05) is 29.5 Å². The van der Waals surface area contributed by atoms with Crippen molar-refractivity contribution < 1.29 is 14.6 Å². The average Bonchev–Trinajstić information content (AvgIpc) is 3.33. The van der Waals surface area contributed by atoms with Crippen molar-refractivity contribution in [3.8, 4) is 16.9 Å². The molecule has 1 aliphatic heterocycles. The third-order valence-electron chi connectivity index (χ3n) is 4.66. The average molecular weight is 402 g/mol. The fourth-order valence-corrected chi connectivity index (χ4v) is 3.20. The molecule has 0 unspecified atom stereocenters. The number of rotatable bonds is 5. The number of aromatic nitrogens is 2. The van der Waals surface area contributed by atoms with Crippen LogP contribution in [0.1, 0.15) is 19.4 Å². The standard InChI is InChI=1S/C22H18N4O4/c1-14(2)20-19(22(27)30-24-20)12-16-13-25(17-8-4-3-5-9-17)23-21(16)15-7-6-10-18(11-15)26(28)29/h3-14H,1-2H3. The zero-order chi connectivity index (χ0) is 21.3. The third-order valence-corrected chi connectivity index (χ3v) is 4.66. The van der Waals surface area contributed by atoms with E-state index >= 15 is 0 Å². The monoisotopic (exact) mass is 402 g/mol. The van der Waals surface area contributed by atoms with Crippen LogP contribution in [0.5, 0.6) is 0 Å². The molecule has 8 nitrogen and oxygen atoms in total. The zero-order valence-electron chi connectivity index (χ0n) is 16.4. The topological polar surface area (TPSA) is 99.6 Å². The highest BCUT2D eigenvalue weighted by Gasteiger charge is 2.28. The molecule has 4 rings (SSSR count). The Balaban J connectivity index is 1.89. The summed E-state index contributed by atoms with van der Waals surface area (Å²) < 4.78 is 1.67. The van der Waals surface area contributed by atoms with Crippen LogP contribution in [-0.2, 0) is 9.63 Å². The Labute approximate surface area is 172 Å². The van der Waals surface area contributed by atoms with E-state index in [1.54, 1.807) is 29.1 Å². The molecule has 0 radical (unpaired) electrons. The van der Waals surface area contributed by atoms with E-state index in [2.05, 4.69) is 10.3 Å². The minimum atomic E-state index is -0.531. The molecule has 8 heteroatoms. The second-order valence-corrected chi connectivity index (χ2v) is 7.09. The molecule has 0 amide bonds. The SMILES string of the molecule is CC(C)C1=NOC(=O)C1=Cc1cn(-c2ccccc2)nc1-c1cccc([N+](=O)[O-])c1. The van der Waals surface area contributed by atoms with Gasteiger partial charge in [-0.1, -0.05) is 49.3 Å². The molecule has 0 N–H and O–H groups in total. The molecule has 0 atom stereocenters. The van der Waals surface area contributed by atoms with Crippen molar-refractivity contribution in [2.75, 3.05) is 0 Å². The Bertz CT molecular complexity index is 1190. The van der Waals surface area contributed by atoms with Crippen molar-refractivity contribution in [3.63, 3.8) is 0 Å². The molecule has 3 aromatic rings. The molecular formula is C22H18N4O4. The maximum Gasteiger partial charge on any atom is 0.367 e. The van der Waals surface area contributed by atoms with Crippen molar-refractivity contribution >= 4 is 23.4 Å². The van der Waals surface area contributed by atoms with Crippen LogP contribution in [0.2, 0.25) is 0 Å². The summed E-state index contributed by atoms with van der Waals surface area (Å²) in [4.78, 5) is 27.9. The number of nitrogens with zero attached hydrogens (tertiary/aromatic N) is 4. The molecule has 150 valence electrons. The predicted molar refractivity (Wildman–Crippen MR) is 112 cm³/mol. The molecule has 1 aliphatic rings. The molecule has 0 bridgehead atoms. The van der Waals surface area contributed by atoms with Crippen LogP contribution in [-0.4, -0.2) is 26.4 Å². The molecule has 2 aromatic carbocycles. The van der Waals surface area contributed by atoms with E-state index in [-0.39, 0.29) is 11.6 Å². The van der Waals surface area contributed by atoms with Crippen molar-refractivity contribution in [1.29, 1.82) is 0 Å². The van der Waals surface area contributed by atoms with Crippen molar-refractivity contribution in [2.45, 2.75) is 13.8 Å². The Hall–Kier alpha value is -4.07. The smallest absolute Gasteiger partial charge is 0.312 e. The Morgan fingerprint density at radius 1 is 1.13 bits per heavy atom. The van der Waals surface area contributed by atoms with Gasteiger partial charge >= 0.3 is 5.97 Å². The number of hydrogen-bond acceptors (Lipinski definition) is 6. The number of carbonyl (C=O) groups excluding carboxylic acids is 1. The van der Waals surface area contributed by atoms with E-state index in [0.29, 0.717) is 28.1 Å². The highest BCUT2D eigenvalue weighted by Crippen LogP contribution is 2.30. The van der Waals surface area contributed by atoms with Gasteiger partial charge in [0.15, 0.2) is 0 Å². The van der Waals surface area contributed by atoms with E-state index < -0.39 is 10.9 Å². The van der Waals surface area contributed by atoms with Crippen LogP contribution in [0.3, 0.4) is 0 Å². The first-order valence-electron chi connectivity index (χ1n) is 9.35. The number of nitro groups is 1. The van der Waals surface area contributed by atoms with Gasteiger partial charge in [-0.15, -0.1) is 0 Å². The number of nitro benzene ring substituents is 1. The molecule has 0 aliphatic carbocycles. The maximum absolute atomic E-state index is 12.2. The zero-order valence-corrected chi connectivity index (χ0v) is 16.4. The lowest BCUT2D eigenvalue weighted by molar-refractivity contribution is -0.384. The minimum absolute atomic E-state index is 0.00636. The summed E-state index contributed by atoms with van der Waals surface area (Å²) in [6.07, 6.45) is 3.45. The molecule has 0 fully saturated rings. The lowest BCUT2D eigenvalue weighted by Gasteiger charge is -2.03. The first-order valence-corrected chi connectivity index (χ1v) is 9.35. The number of benzene rings is 2. The van der Waals surface area contributed by atoms with Crippen molar-refractivity contribution in [3.05, 3.63) is 82.0 Å². The summed E-state index contributed by atoms with van der Waals surface area (Å²) in [6, 6.07) is 15.7. The molecular weight excluding hydrogens is 384 g/mol. The Kier molecular flexibility index (Phi) is 4.97. The maximum atomic E-state index is 12.2. The quantitative estimate of drug-likeness (QED) is 0.273. The number of carbonyl (C=O) groups is 1. The van der Waals surface area contributed by atoms with Crippen LogP contribution in [0.25, 0.3) is 23.0 Å². The molecule has 30 heavy (non-hydrogen) atoms. The van der Waals surface area contributed by atoms with Gasteiger partial charge in [-0.2, -0.15) is 5.10 Å². The van der Waals surface area contributed by atoms with E-state index in [1.807, 2.05) is 44.2 Å². The van der Waals surface area contributed by atoms with E-state index in [4.69, 9.17) is 4.84 Å². The summed E-state index contributed by atoms with van der Waals surface area (Å²) in [5.41, 5.74) is 3.40. The van der Waals surface area contributed by atoms with Gasteiger partial charge in [0.2, 0.25) is 0 Å². The van der Waals surface area contributed by atoms with E-state index in [9.17, 15) is 14.9 Å². The first-order chi connectivity index (χ1) is 14.4. The number of hydrogen-bond donors (Lipinski definition) is 0. The second-order valence-electron chi connectivity index (χ2n) is 7.09. The number of oxime groups is 1. The number of non-ortho nitro benzene ring substituents is 1. The van der Waals surface area contributed by atoms with Gasteiger partial charge in [-0.05, 0) is 24.1 Å². The second kappa shape index (κ2) is 7.75. The fourth-order valence-electron chi connectivity index (χ4n) is 3.20. The van der Waals surface area contributed by atoms with Crippen LogP contribution in [0, 0.1) is 16.0 Å². The van der Waals surface area contributed by atoms with Gasteiger partial charge in [0.25, 0.3) is 5.69 Å². The normalized spacial score (nSPS) is 14.8. The van der Waals surface area contributed by atoms with Crippen molar-refractivity contribution in [1.82, 2.24) is 9.78 Å². The van der Waals surface area contributed by atoms with Gasteiger partial charge in [-0.25, -0.2) is 9.48 Å². The number of para-hydroxylation sites is 1. The lowest BCUT2D eigenvalue weighted by atomic mass is 9.98. The van der Waals surface area contributed by atoms with Crippen LogP contribution < -0.4 is 0 Å². The summed E-state index contributed by atoms with van der Waals surface area (Å²) in [5, 5.41) is 19.8. The third kappa shape index (κ3) is 3.62. The van der Waals surface area contributed by atoms with Crippen LogP contribution in [0.4, 0.5) is 5.69 Å². The van der Waals surface area contributed by atoms with Gasteiger partial charge < -0.3 is 4.84 Å². The summed E-state index contributed by atoms with van der Waals surface area (Å²) >= 11 is 0. The van der Waals surface area contributed by atoms with Crippen LogP contribution in [0.15, 0.2) is 71.5 Å². The Morgan fingerprint density at radius 3 is 2.60 bits per heavy atom. The van der Waals surface area contributed by atoms with E-state index in [0.717, 1.165) is 5.69 Å². The van der Waals surface area contributed by atoms with Gasteiger partial charge in [0.1, 0.15) is 5.69 Å². The fraction of sp³-hybridized carbons (Fsp3) is 0.136. The summed E-state index contributed by atoms with van der Waals surface area (Å²) in [7, 11) is 0. The van der Waals surface area contributed by atoms with Gasteiger partial charge in [0.05, 0.1) is 21.9 Å². The predicted octanol–water partition coefficient (Wildman–Crippen LogP) is 4.40. The first kappa shape index (κ1) is 19.3. The molecule has 2 heterocycles. The highest BCUT2D eigenvalue weighted by molar-refractivity contribution is 6.25. The molecule has 0 saturated heterocycles. The molecule has 0 saturated carbocycles. The largest absolute Gasteiger partial charge is 0.367 e. The molecule has 1 aromatic heterocycles. The van der Waals surface area contributed by atoms with Crippen LogP contribution >= 0.6 is 0 Å². The van der Waals surface area contributed by atoms with E-state index in [1.165, 1.54) is 12.1 Å². The highest BCUT2D eigenvalue weighted by atomic mass is 16.7. The van der Waals surface area contributed by atoms with Gasteiger partial charge in [-0.3, -0.25) is 10.1 Å². The lowest BCUT2D eigenvalue weighted by Crippen LogP contribution is -2.11. The molecule has 0 spiro atoms.